The summed E-state index contributed by atoms with van der Waals surface area (Å²) in [5.74, 6) is 1.22. The molecule has 0 fully saturated rings. The van der Waals surface area contributed by atoms with Crippen molar-refractivity contribution in [2.75, 3.05) is 5.32 Å². The van der Waals surface area contributed by atoms with Crippen molar-refractivity contribution in [3.8, 4) is 5.69 Å². The molecular formula is C18H21N5. The highest BCUT2D eigenvalue weighted by Crippen LogP contribution is 2.25. The smallest absolute Gasteiger partial charge is 0.248 e. The Kier molecular flexibility index (Phi) is 4.66. The van der Waals surface area contributed by atoms with Crippen LogP contribution in [0.4, 0.5) is 5.95 Å². The van der Waals surface area contributed by atoms with E-state index in [-0.39, 0.29) is 6.04 Å². The van der Waals surface area contributed by atoms with Gasteiger partial charge in [-0.3, -0.25) is 0 Å². The molecule has 0 aliphatic rings. The number of aromatic nitrogens is 4. The highest BCUT2D eigenvalue weighted by atomic mass is 15.6. The number of hydrogen-bond donors (Lipinski definition) is 1. The molecule has 2 aromatic carbocycles. The third kappa shape index (κ3) is 3.74. The van der Waals surface area contributed by atoms with Crippen molar-refractivity contribution in [3.05, 3.63) is 66.2 Å². The summed E-state index contributed by atoms with van der Waals surface area (Å²) in [6, 6.07) is 20.5. The average Bonchev–Trinajstić information content (AvgIpc) is 3.04. The molecule has 5 heteroatoms. The van der Waals surface area contributed by atoms with Crippen LogP contribution in [0.25, 0.3) is 5.69 Å². The van der Waals surface area contributed by atoms with Crippen LogP contribution in [0, 0.1) is 5.92 Å². The Bertz CT molecular complexity index is 721. The minimum absolute atomic E-state index is 0.171. The molecule has 1 N–H and O–H groups in total. The van der Waals surface area contributed by atoms with E-state index in [9.17, 15) is 0 Å². The van der Waals surface area contributed by atoms with E-state index < -0.39 is 0 Å². The molecule has 5 nitrogen and oxygen atoms in total. The van der Waals surface area contributed by atoms with Crippen LogP contribution in [0.1, 0.15) is 31.9 Å². The topological polar surface area (TPSA) is 55.6 Å². The molecule has 0 bridgehead atoms. The molecule has 0 aliphatic heterocycles. The van der Waals surface area contributed by atoms with Crippen LogP contribution < -0.4 is 5.32 Å². The van der Waals surface area contributed by atoms with E-state index in [0.29, 0.717) is 11.9 Å². The maximum Gasteiger partial charge on any atom is 0.248 e. The molecule has 1 heterocycles. The summed E-state index contributed by atoms with van der Waals surface area (Å²) in [5.41, 5.74) is 2.18. The fraction of sp³-hybridized carbons (Fsp3) is 0.278. The number of benzene rings is 2. The third-order valence-corrected chi connectivity index (χ3v) is 3.68. The largest absolute Gasteiger partial charge is 0.346 e. The molecule has 3 rings (SSSR count). The predicted molar refractivity (Wildman–Crippen MR) is 91.4 cm³/mol. The lowest BCUT2D eigenvalue weighted by Gasteiger charge is -2.21. The third-order valence-electron chi connectivity index (χ3n) is 3.68. The van der Waals surface area contributed by atoms with Crippen molar-refractivity contribution >= 4 is 5.95 Å². The molecule has 3 aromatic rings. The Morgan fingerprint density at radius 1 is 0.957 bits per heavy atom. The van der Waals surface area contributed by atoms with Crippen molar-refractivity contribution in [3.63, 3.8) is 0 Å². The van der Waals surface area contributed by atoms with Crippen LogP contribution >= 0.6 is 0 Å². The fourth-order valence-corrected chi connectivity index (χ4v) is 2.61. The van der Waals surface area contributed by atoms with Crippen molar-refractivity contribution in [2.24, 2.45) is 5.92 Å². The Labute approximate surface area is 136 Å². The van der Waals surface area contributed by atoms with Gasteiger partial charge in [-0.15, -0.1) is 0 Å². The van der Waals surface area contributed by atoms with Gasteiger partial charge in [-0.25, -0.2) is 0 Å². The summed E-state index contributed by atoms with van der Waals surface area (Å²) in [6.07, 6.45) is 1.01. The number of nitrogens with one attached hydrogen (secondary N) is 1. The number of hydrogen-bond acceptors (Lipinski definition) is 4. The van der Waals surface area contributed by atoms with Gasteiger partial charge < -0.3 is 5.32 Å². The van der Waals surface area contributed by atoms with E-state index in [1.165, 1.54) is 5.56 Å². The van der Waals surface area contributed by atoms with Crippen molar-refractivity contribution in [1.29, 1.82) is 0 Å². The molecule has 0 saturated carbocycles. The van der Waals surface area contributed by atoms with Gasteiger partial charge >= 0.3 is 0 Å². The van der Waals surface area contributed by atoms with E-state index in [4.69, 9.17) is 0 Å². The van der Waals surface area contributed by atoms with Gasteiger partial charge in [-0.2, -0.15) is 4.68 Å². The monoisotopic (exact) mass is 307 g/mol. The summed E-state index contributed by atoms with van der Waals surface area (Å²) in [7, 11) is 0. The maximum atomic E-state index is 4.16. The quantitative estimate of drug-likeness (QED) is 0.751. The Morgan fingerprint density at radius 2 is 1.61 bits per heavy atom. The number of rotatable bonds is 6. The first-order chi connectivity index (χ1) is 11.2. The molecule has 0 radical (unpaired) electrons. The Hall–Kier alpha value is -2.69. The van der Waals surface area contributed by atoms with Gasteiger partial charge in [0.2, 0.25) is 5.95 Å². The summed E-state index contributed by atoms with van der Waals surface area (Å²) in [4.78, 5) is 0. The highest BCUT2D eigenvalue weighted by molar-refractivity contribution is 5.40. The normalized spacial score (nSPS) is 12.3. The predicted octanol–water partition coefficient (Wildman–Crippen LogP) is 3.86. The number of anilines is 1. The first kappa shape index (κ1) is 15.2. The minimum Gasteiger partial charge on any atom is -0.346 e. The molecule has 0 saturated heterocycles. The Morgan fingerprint density at radius 3 is 2.26 bits per heavy atom. The van der Waals surface area contributed by atoms with Crippen LogP contribution in [0.15, 0.2) is 60.7 Å². The number of para-hydroxylation sites is 1. The summed E-state index contributed by atoms with van der Waals surface area (Å²) < 4.78 is 1.73. The van der Waals surface area contributed by atoms with Gasteiger partial charge in [0.1, 0.15) is 0 Å². The van der Waals surface area contributed by atoms with Crippen molar-refractivity contribution < 1.29 is 0 Å². The van der Waals surface area contributed by atoms with E-state index in [0.717, 1.165) is 12.1 Å². The first-order valence-corrected chi connectivity index (χ1v) is 7.89. The lowest BCUT2D eigenvalue weighted by molar-refractivity contribution is 0.527. The molecule has 0 spiro atoms. The minimum atomic E-state index is 0.171. The van der Waals surface area contributed by atoms with E-state index in [1.54, 1.807) is 4.68 Å². The molecule has 118 valence electrons. The molecular weight excluding hydrogens is 286 g/mol. The van der Waals surface area contributed by atoms with Crippen LogP contribution in [0.5, 0.6) is 0 Å². The van der Waals surface area contributed by atoms with Crippen molar-refractivity contribution in [2.45, 2.75) is 26.3 Å². The van der Waals surface area contributed by atoms with Gasteiger partial charge in [-0.1, -0.05) is 67.5 Å². The summed E-state index contributed by atoms with van der Waals surface area (Å²) in [6.45, 7) is 4.44. The van der Waals surface area contributed by atoms with Crippen LogP contribution in [-0.4, -0.2) is 20.2 Å². The fourth-order valence-electron chi connectivity index (χ4n) is 2.61. The summed E-state index contributed by atoms with van der Waals surface area (Å²) in [5, 5.41) is 15.6. The highest BCUT2D eigenvalue weighted by Gasteiger charge is 2.17. The van der Waals surface area contributed by atoms with Gasteiger partial charge in [0.15, 0.2) is 0 Å². The number of nitrogens with zero attached hydrogens (tertiary/aromatic N) is 4. The molecule has 1 atom stereocenters. The first-order valence-electron chi connectivity index (χ1n) is 7.89. The van der Waals surface area contributed by atoms with Gasteiger partial charge in [0.25, 0.3) is 0 Å². The zero-order valence-corrected chi connectivity index (χ0v) is 13.4. The van der Waals surface area contributed by atoms with Gasteiger partial charge in [-0.05, 0) is 40.5 Å². The second-order valence-corrected chi connectivity index (χ2v) is 5.99. The molecule has 0 amide bonds. The zero-order chi connectivity index (χ0) is 16.1. The van der Waals surface area contributed by atoms with E-state index >= 15 is 0 Å². The lowest BCUT2D eigenvalue weighted by atomic mass is 9.97. The molecule has 0 unspecified atom stereocenters. The standard InChI is InChI=1S/C18H21N5/c1-14(2)13-17(15-9-5-3-6-10-15)19-18-20-21-22-23(18)16-11-7-4-8-12-16/h3-12,14,17H,13H2,1-2H3,(H,19,20,22)/t17-/m1/s1. The zero-order valence-electron chi connectivity index (χ0n) is 13.4. The maximum absolute atomic E-state index is 4.16. The molecule has 1 aromatic heterocycles. The lowest BCUT2D eigenvalue weighted by Crippen LogP contribution is -2.16. The molecule has 23 heavy (non-hydrogen) atoms. The van der Waals surface area contributed by atoms with E-state index in [2.05, 4.69) is 59.0 Å². The SMILES string of the molecule is CC(C)C[C@@H](Nc1nnnn1-c1ccccc1)c1ccccc1. The Balaban J connectivity index is 1.88. The molecule has 0 aliphatic carbocycles. The van der Waals surface area contributed by atoms with Crippen LogP contribution in [0.2, 0.25) is 0 Å². The van der Waals surface area contributed by atoms with Crippen LogP contribution in [0.3, 0.4) is 0 Å². The average molecular weight is 307 g/mol. The summed E-state index contributed by atoms with van der Waals surface area (Å²) >= 11 is 0. The van der Waals surface area contributed by atoms with Gasteiger partial charge in [0, 0.05) is 0 Å². The second kappa shape index (κ2) is 7.05. The van der Waals surface area contributed by atoms with E-state index in [1.807, 2.05) is 36.4 Å². The van der Waals surface area contributed by atoms with Crippen LogP contribution in [-0.2, 0) is 0 Å². The number of tetrazole rings is 1. The van der Waals surface area contributed by atoms with Crippen molar-refractivity contribution in [1.82, 2.24) is 20.2 Å². The van der Waals surface area contributed by atoms with Gasteiger partial charge in [0.05, 0.1) is 11.7 Å². The second-order valence-electron chi connectivity index (χ2n) is 5.99.